The van der Waals surface area contributed by atoms with Crippen LogP contribution in [-0.4, -0.2) is 17.0 Å². The second kappa shape index (κ2) is 5.25. The number of aliphatic hydroxyl groups is 1. The Morgan fingerprint density at radius 3 is 2.44 bits per heavy atom. The van der Waals surface area contributed by atoms with Crippen molar-refractivity contribution >= 4 is 5.78 Å². The standard InChI is InChI=1S/C15H18O3/c1-10(2)18-15-5-3-11(4-6-15)12-7-13(16)9-14(17)8-12/h3-6,9-10,12,16H,7-8H2,1-2H3. The largest absolute Gasteiger partial charge is 0.512 e. The van der Waals surface area contributed by atoms with E-state index in [0.29, 0.717) is 12.8 Å². The van der Waals surface area contributed by atoms with Crippen molar-refractivity contribution in [3.05, 3.63) is 41.7 Å². The van der Waals surface area contributed by atoms with Crippen LogP contribution in [0.25, 0.3) is 0 Å². The summed E-state index contributed by atoms with van der Waals surface area (Å²) in [6.45, 7) is 3.97. The molecule has 0 aromatic heterocycles. The van der Waals surface area contributed by atoms with Gasteiger partial charge in [-0.15, -0.1) is 0 Å². The Kier molecular flexibility index (Phi) is 3.70. The molecule has 0 radical (unpaired) electrons. The quantitative estimate of drug-likeness (QED) is 0.889. The number of hydrogen-bond donors (Lipinski definition) is 1. The molecule has 0 saturated heterocycles. The fourth-order valence-electron chi connectivity index (χ4n) is 2.20. The van der Waals surface area contributed by atoms with E-state index < -0.39 is 0 Å². The van der Waals surface area contributed by atoms with Crippen LogP contribution >= 0.6 is 0 Å². The molecule has 0 heterocycles. The number of ketones is 1. The van der Waals surface area contributed by atoms with Gasteiger partial charge in [-0.1, -0.05) is 12.1 Å². The van der Waals surface area contributed by atoms with Crippen molar-refractivity contribution < 1.29 is 14.6 Å². The molecule has 1 N–H and O–H groups in total. The van der Waals surface area contributed by atoms with Gasteiger partial charge in [0, 0.05) is 18.9 Å². The zero-order valence-corrected chi connectivity index (χ0v) is 10.7. The number of allylic oxidation sites excluding steroid dienone is 2. The molecule has 0 fully saturated rings. The predicted molar refractivity (Wildman–Crippen MR) is 69.9 cm³/mol. The van der Waals surface area contributed by atoms with Crippen molar-refractivity contribution in [3.63, 3.8) is 0 Å². The highest BCUT2D eigenvalue weighted by atomic mass is 16.5. The molecular formula is C15H18O3. The first kappa shape index (κ1) is 12.7. The van der Waals surface area contributed by atoms with Crippen LogP contribution in [0, 0.1) is 0 Å². The summed E-state index contributed by atoms with van der Waals surface area (Å²) in [6, 6.07) is 7.76. The molecule has 1 aromatic rings. The van der Waals surface area contributed by atoms with Crippen LogP contribution in [0.1, 0.15) is 38.2 Å². The van der Waals surface area contributed by atoms with Gasteiger partial charge in [0.1, 0.15) is 5.75 Å². The van der Waals surface area contributed by atoms with Crippen LogP contribution in [0.2, 0.25) is 0 Å². The van der Waals surface area contributed by atoms with Gasteiger partial charge in [-0.25, -0.2) is 0 Å². The van der Waals surface area contributed by atoms with Gasteiger partial charge in [0.2, 0.25) is 0 Å². The normalized spacial score (nSPS) is 19.8. The summed E-state index contributed by atoms with van der Waals surface area (Å²) in [6.07, 6.45) is 2.48. The highest BCUT2D eigenvalue weighted by Crippen LogP contribution is 2.31. The molecule has 1 aliphatic carbocycles. The summed E-state index contributed by atoms with van der Waals surface area (Å²) in [5.74, 6) is 1.08. The molecular weight excluding hydrogens is 228 g/mol. The van der Waals surface area contributed by atoms with E-state index in [1.807, 2.05) is 38.1 Å². The van der Waals surface area contributed by atoms with E-state index >= 15 is 0 Å². The summed E-state index contributed by atoms with van der Waals surface area (Å²) in [5, 5.41) is 9.50. The van der Waals surface area contributed by atoms with Gasteiger partial charge >= 0.3 is 0 Å². The monoisotopic (exact) mass is 246 g/mol. The first-order chi connectivity index (χ1) is 8.54. The minimum absolute atomic E-state index is 0.00810. The van der Waals surface area contributed by atoms with Crippen molar-refractivity contribution in [1.82, 2.24) is 0 Å². The lowest BCUT2D eigenvalue weighted by molar-refractivity contribution is -0.115. The topological polar surface area (TPSA) is 46.5 Å². The van der Waals surface area contributed by atoms with Crippen LogP contribution in [-0.2, 0) is 4.79 Å². The molecule has 2 rings (SSSR count). The van der Waals surface area contributed by atoms with Crippen molar-refractivity contribution in [2.24, 2.45) is 0 Å². The number of hydrogen-bond acceptors (Lipinski definition) is 3. The van der Waals surface area contributed by atoms with Crippen molar-refractivity contribution in [1.29, 1.82) is 0 Å². The van der Waals surface area contributed by atoms with E-state index in [2.05, 4.69) is 0 Å². The molecule has 96 valence electrons. The third-order valence-electron chi connectivity index (χ3n) is 2.95. The summed E-state index contributed by atoms with van der Waals surface area (Å²) in [4.78, 5) is 11.4. The Balaban J connectivity index is 2.10. The summed E-state index contributed by atoms with van der Waals surface area (Å²) in [5.41, 5.74) is 1.07. The van der Waals surface area contributed by atoms with Gasteiger partial charge in [0.05, 0.1) is 11.9 Å². The molecule has 1 aliphatic rings. The number of benzene rings is 1. The predicted octanol–water partition coefficient (Wildman–Crippen LogP) is 3.36. The van der Waals surface area contributed by atoms with Gasteiger partial charge in [-0.3, -0.25) is 4.79 Å². The SMILES string of the molecule is CC(C)Oc1ccc(C2CC(=O)C=C(O)C2)cc1. The summed E-state index contributed by atoms with van der Waals surface area (Å²) < 4.78 is 5.57. The number of ether oxygens (including phenoxy) is 1. The second-order valence-electron chi connectivity index (χ2n) is 4.94. The molecule has 1 aromatic carbocycles. The molecule has 0 amide bonds. The minimum atomic E-state index is -0.00810. The van der Waals surface area contributed by atoms with Gasteiger partial charge in [-0.05, 0) is 37.5 Å². The number of carbonyl (C=O) groups is 1. The number of aliphatic hydroxyl groups excluding tert-OH is 1. The smallest absolute Gasteiger partial charge is 0.159 e. The second-order valence-corrected chi connectivity index (χ2v) is 4.94. The zero-order valence-electron chi connectivity index (χ0n) is 10.7. The maximum atomic E-state index is 11.4. The van der Waals surface area contributed by atoms with Crippen LogP contribution in [0.4, 0.5) is 0 Å². The van der Waals surface area contributed by atoms with E-state index in [1.54, 1.807) is 0 Å². The lowest BCUT2D eigenvalue weighted by Gasteiger charge is -2.20. The molecule has 0 bridgehead atoms. The van der Waals surface area contributed by atoms with Crippen molar-refractivity contribution in [2.75, 3.05) is 0 Å². The molecule has 0 spiro atoms. The Morgan fingerprint density at radius 2 is 1.89 bits per heavy atom. The van der Waals surface area contributed by atoms with Crippen LogP contribution in [0.5, 0.6) is 5.75 Å². The molecule has 3 heteroatoms. The zero-order chi connectivity index (χ0) is 13.1. The van der Waals surface area contributed by atoms with Crippen LogP contribution < -0.4 is 4.74 Å². The molecule has 1 atom stereocenters. The lowest BCUT2D eigenvalue weighted by Crippen LogP contribution is -2.12. The van der Waals surface area contributed by atoms with Gasteiger partial charge < -0.3 is 9.84 Å². The van der Waals surface area contributed by atoms with E-state index in [0.717, 1.165) is 11.3 Å². The Hall–Kier alpha value is -1.77. The van der Waals surface area contributed by atoms with E-state index in [1.165, 1.54) is 6.08 Å². The number of rotatable bonds is 3. The Bertz CT molecular complexity index is 457. The molecule has 1 unspecified atom stereocenters. The Morgan fingerprint density at radius 1 is 1.22 bits per heavy atom. The lowest BCUT2D eigenvalue weighted by atomic mass is 9.86. The Labute approximate surface area is 107 Å². The van der Waals surface area contributed by atoms with E-state index in [4.69, 9.17) is 4.74 Å². The number of carbonyl (C=O) groups excluding carboxylic acids is 1. The summed E-state index contributed by atoms with van der Waals surface area (Å²) >= 11 is 0. The minimum Gasteiger partial charge on any atom is -0.512 e. The maximum absolute atomic E-state index is 11.4. The summed E-state index contributed by atoms with van der Waals surface area (Å²) in [7, 11) is 0. The highest BCUT2D eigenvalue weighted by Gasteiger charge is 2.21. The van der Waals surface area contributed by atoms with E-state index in [9.17, 15) is 9.90 Å². The van der Waals surface area contributed by atoms with Crippen molar-refractivity contribution in [3.8, 4) is 5.75 Å². The first-order valence-electron chi connectivity index (χ1n) is 6.23. The molecule has 18 heavy (non-hydrogen) atoms. The van der Waals surface area contributed by atoms with E-state index in [-0.39, 0.29) is 23.6 Å². The third-order valence-corrected chi connectivity index (χ3v) is 2.95. The fourth-order valence-corrected chi connectivity index (χ4v) is 2.20. The van der Waals surface area contributed by atoms with Gasteiger partial charge in [0.15, 0.2) is 5.78 Å². The molecule has 0 aliphatic heterocycles. The van der Waals surface area contributed by atoms with Crippen LogP contribution in [0.15, 0.2) is 36.1 Å². The van der Waals surface area contributed by atoms with Gasteiger partial charge in [0.25, 0.3) is 0 Å². The first-order valence-corrected chi connectivity index (χ1v) is 6.23. The van der Waals surface area contributed by atoms with Crippen molar-refractivity contribution in [2.45, 2.75) is 38.7 Å². The third kappa shape index (κ3) is 3.13. The average molecular weight is 246 g/mol. The maximum Gasteiger partial charge on any atom is 0.159 e. The van der Waals surface area contributed by atoms with Gasteiger partial charge in [-0.2, -0.15) is 0 Å². The van der Waals surface area contributed by atoms with Crippen LogP contribution in [0.3, 0.4) is 0 Å². The highest BCUT2D eigenvalue weighted by molar-refractivity contribution is 5.91. The average Bonchev–Trinajstić information content (AvgIpc) is 2.27. The molecule has 3 nitrogen and oxygen atoms in total. The molecule has 0 saturated carbocycles. The fraction of sp³-hybridized carbons (Fsp3) is 0.400.